The van der Waals surface area contributed by atoms with E-state index in [9.17, 15) is 13.2 Å². The maximum Gasteiger partial charge on any atom is 0.128 e. The van der Waals surface area contributed by atoms with E-state index in [0.717, 1.165) is 58.1 Å². The van der Waals surface area contributed by atoms with Crippen LogP contribution in [0.2, 0.25) is 0 Å². The van der Waals surface area contributed by atoms with Crippen LogP contribution in [0.5, 0.6) is 0 Å². The standard InChI is InChI=1S/C16H21FN2.C13H16F2N2/c1-11-8-13-12-6-4-5-7-14(12)18-15(13)9-19(11)10-16(2,3)17;14-10-5-11(15)7-12(6-10)17-3-1-13(2-4-17)8-16-9-13/h4-7,11,18H,8-10H2,1-3H3;5-7,16H,1-4,8-9H2. The summed E-state index contributed by atoms with van der Waals surface area (Å²) in [6.45, 7) is 10.8. The number of rotatable bonds is 3. The van der Waals surface area contributed by atoms with Gasteiger partial charge in [0.15, 0.2) is 0 Å². The van der Waals surface area contributed by atoms with Crippen LogP contribution >= 0.6 is 0 Å². The molecule has 4 heterocycles. The average Bonchev–Trinajstić information content (AvgIpc) is 3.14. The number of halogens is 3. The molecule has 0 aliphatic carbocycles. The van der Waals surface area contributed by atoms with Gasteiger partial charge in [-0.3, -0.25) is 4.90 Å². The first kappa shape index (κ1) is 25.2. The lowest BCUT2D eigenvalue weighted by Gasteiger charge is -2.48. The number of aromatic nitrogens is 1. The molecule has 1 atom stereocenters. The number of nitrogens with zero attached hydrogens (tertiary/aromatic N) is 2. The third kappa shape index (κ3) is 5.42. The minimum absolute atomic E-state index is 0.390. The SMILES string of the molecule is CC1Cc2c([nH]c3ccccc23)CN1CC(C)(C)F.Fc1cc(F)cc(N2CCC3(CC2)CNC3)c1. The number of aromatic amines is 1. The van der Waals surface area contributed by atoms with Crippen LogP contribution < -0.4 is 10.2 Å². The molecule has 0 amide bonds. The Morgan fingerprint density at radius 1 is 1.03 bits per heavy atom. The molecule has 6 rings (SSSR count). The van der Waals surface area contributed by atoms with Crippen molar-refractivity contribution in [1.82, 2.24) is 15.2 Å². The van der Waals surface area contributed by atoms with Crippen LogP contribution in [0, 0.1) is 17.0 Å². The first-order valence-electron chi connectivity index (χ1n) is 13.0. The monoisotopic (exact) mass is 498 g/mol. The summed E-state index contributed by atoms with van der Waals surface area (Å²) in [5.74, 6) is -0.990. The molecule has 0 saturated carbocycles. The molecule has 7 heteroatoms. The molecular weight excluding hydrogens is 461 g/mol. The highest BCUT2D eigenvalue weighted by molar-refractivity contribution is 5.84. The fraction of sp³-hybridized carbons (Fsp3) is 0.517. The molecule has 0 bridgehead atoms. The normalized spacial score (nSPS) is 21.6. The van der Waals surface area contributed by atoms with Crippen LogP contribution in [-0.2, 0) is 13.0 Å². The van der Waals surface area contributed by atoms with Gasteiger partial charge in [-0.25, -0.2) is 13.2 Å². The van der Waals surface area contributed by atoms with E-state index in [2.05, 4.69) is 51.3 Å². The van der Waals surface area contributed by atoms with Gasteiger partial charge in [0.25, 0.3) is 0 Å². The molecule has 2 aromatic carbocycles. The first-order chi connectivity index (χ1) is 17.1. The van der Waals surface area contributed by atoms with Crippen molar-refractivity contribution >= 4 is 16.6 Å². The lowest BCUT2D eigenvalue weighted by Crippen LogP contribution is -2.58. The molecule has 2 saturated heterocycles. The summed E-state index contributed by atoms with van der Waals surface area (Å²) in [4.78, 5) is 7.80. The molecule has 2 fully saturated rings. The summed E-state index contributed by atoms with van der Waals surface area (Å²) < 4.78 is 40.1. The van der Waals surface area contributed by atoms with E-state index < -0.39 is 17.3 Å². The van der Waals surface area contributed by atoms with Gasteiger partial charge >= 0.3 is 0 Å². The Hall–Kier alpha value is -2.51. The number of hydrogen-bond donors (Lipinski definition) is 2. The van der Waals surface area contributed by atoms with Gasteiger partial charge in [0.05, 0.1) is 0 Å². The number of para-hydroxylation sites is 1. The predicted octanol–water partition coefficient (Wildman–Crippen LogP) is 5.82. The number of anilines is 1. The second-order valence-electron chi connectivity index (χ2n) is 11.5. The highest BCUT2D eigenvalue weighted by Crippen LogP contribution is 2.36. The van der Waals surface area contributed by atoms with Gasteiger partial charge in [0.2, 0.25) is 0 Å². The van der Waals surface area contributed by atoms with Gasteiger partial charge in [-0.2, -0.15) is 0 Å². The van der Waals surface area contributed by atoms with Crippen LogP contribution in [0.4, 0.5) is 18.9 Å². The van der Waals surface area contributed by atoms with E-state index in [4.69, 9.17) is 0 Å². The van der Waals surface area contributed by atoms with E-state index in [0.29, 0.717) is 23.7 Å². The summed E-state index contributed by atoms with van der Waals surface area (Å²) in [5.41, 5.74) is 3.85. The zero-order chi connectivity index (χ0) is 25.5. The fourth-order valence-electron chi connectivity index (χ4n) is 5.90. The zero-order valence-corrected chi connectivity index (χ0v) is 21.5. The molecule has 1 aromatic heterocycles. The highest BCUT2D eigenvalue weighted by Gasteiger charge is 2.39. The Bertz CT molecular complexity index is 1180. The quantitative estimate of drug-likeness (QED) is 0.478. The largest absolute Gasteiger partial charge is 0.371 e. The molecule has 3 aliphatic heterocycles. The van der Waals surface area contributed by atoms with Crippen molar-refractivity contribution in [1.29, 1.82) is 0 Å². The number of alkyl halides is 1. The molecule has 3 aromatic rings. The van der Waals surface area contributed by atoms with E-state index in [1.807, 2.05) is 0 Å². The number of nitrogens with one attached hydrogen (secondary N) is 2. The minimum Gasteiger partial charge on any atom is -0.371 e. The summed E-state index contributed by atoms with van der Waals surface area (Å²) in [6, 6.07) is 12.6. The summed E-state index contributed by atoms with van der Waals surface area (Å²) in [6.07, 6.45) is 3.21. The van der Waals surface area contributed by atoms with Crippen molar-refractivity contribution in [2.75, 3.05) is 37.6 Å². The maximum absolute atomic E-state index is 13.9. The Morgan fingerprint density at radius 3 is 2.31 bits per heavy atom. The second kappa shape index (κ2) is 9.75. The first-order valence-corrected chi connectivity index (χ1v) is 13.0. The van der Waals surface area contributed by atoms with Gasteiger partial charge in [-0.05, 0) is 69.2 Å². The predicted molar refractivity (Wildman–Crippen MR) is 140 cm³/mol. The third-order valence-electron chi connectivity index (χ3n) is 8.00. The molecule has 0 radical (unpaired) electrons. The number of fused-ring (bicyclic) bond motifs is 3. The summed E-state index contributed by atoms with van der Waals surface area (Å²) in [5, 5.41) is 4.63. The van der Waals surface area contributed by atoms with Crippen molar-refractivity contribution in [3.63, 3.8) is 0 Å². The Morgan fingerprint density at radius 2 is 1.69 bits per heavy atom. The van der Waals surface area contributed by atoms with Gasteiger partial charge in [0.1, 0.15) is 17.3 Å². The van der Waals surface area contributed by atoms with Gasteiger partial charge < -0.3 is 15.2 Å². The lowest BCUT2D eigenvalue weighted by molar-refractivity contribution is 0.0853. The Balaban J connectivity index is 0.000000149. The highest BCUT2D eigenvalue weighted by atomic mass is 19.1. The minimum atomic E-state index is -1.14. The van der Waals surface area contributed by atoms with Crippen LogP contribution in [0.25, 0.3) is 10.9 Å². The molecule has 36 heavy (non-hydrogen) atoms. The second-order valence-corrected chi connectivity index (χ2v) is 11.5. The third-order valence-corrected chi connectivity index (χ3v) is 8.00. The maximum atomic E-state index is 13.9. The van der Waals surface area contributed by atoms with Gasteiger partial charge in [-0.1, -0.05) is 18.2 Å². The van der Waals surface area contributed by atoms with Crippen molar-refractivity contribution in [3.8, 4) is 0 Å². The lowest BCUT2D eigenvalue weighted by atomic mass is 9.73. The van der Waals surface area contributed by atoms with Crippen molar-refractivity contribution in [2.45, 2.75) is 58.3 Å². The van der Waals surface area contributed by atoms with Crippen LogP contribution in [0.1, 0.15) is 44.9 Å². The Kier molecular flexibility index (Phi) is 6.81. The zero-order valence-electron chi connectivity index (χ0n) is 21.5. The van der Waals surface area contributed by atoms with E-state index >= 15 is 0 Å². The van der Waals surface area contributed by atoms with E-state index in [1.54, 1.807) is 13.8 Å². The average molecular weight is 499 g/mol. The molecule has 1 unspecified atom stereocenters. The summed E-state index contributed by atoms with van der Waals surface area (Å²) in [7, 11) is 0. The van der Waals surface area contributed by atoms with Crippen LogP contribution in [0.15, 0.2) is 42.5 Å². The number of benzene rings is 2. The molecular formula is C29H37F3N4. The topological polar surface area (TPSA) is 34.3 Å². The summed E-state index contributed by atoms with van der Waals surface area (Å²) >= 11 is 0. The van der Waals surface area contributed by atoms with Crippen molar-refractivity contribution in [2.24, 2.45) is 5.41 Å². The Labute approximate surface area is 211 Å². The van der Waals surface area contributed by atoms with Crippen molar-refractivity contribution in [3.05, 3.63) is 65.4 Å². The molecule has 194 valence electrons. The number of piperidine rings is 1. The smallest absolute Gasteiger partial charge is 0.128 e. The van der Waals surface area contributed by atoms with Crippen LogP contribution in [0.3, 0.4) is 0 Å². The molecule has 1 spiro atoms. The van der Waals surface area contributed by atoms with Crippen LogP contribution in [-0.4, -0.2) is 54.3 Å². The number of H-pyrrole nitrogens is 1. The fourth-order valence-corrected chi connectivity index (χ4v) is 5.90. The van der Waals surface area contributed by atoms with E-state index in [-0.39, 0.29) is 0 Å². The van der Waals surface area contributed by atoms with E-state index in [1.165, 1.54) is 34.3 Å². The molecule has 2 N–H and O–H groups in total. The van der Waals surface area contributed by atoms with Crippen molar-refractivity contribution < 1.29 is 13.2 Å². The molecule has 3 aliphatic rings. The van der Waals surface area contributed by atoms with Gasteiger partial charge in [0, 0.05) is 73.7 Å². The van der Waals surface area contributed by atoms with Gasteiger partial charge in [-0.15, -0.1) is 0 Å². The number of hydrogen-bond acceptors (Lipinski definition) is 3. The molecule has 4 nitrogen and oxygen atoms in total.